The number of aliphatic carboxylic acids is 1. The van der Waals surface area contributed by atoms with Crippen LogP contribution in [-0.2, 0) is 30.4 Å². The molecule has 5 fully saturated rings. The van der Waals surface area contributed by atoms with Crippen molar-refractivity contribution in [2.75, 3.05) is 6.54 Å². The number of carbonyl (C=O) groups is 4. The number of Topliss-reactive ketones (excluding diaryl/α,β-unsaturated/α-hetero) is 1. The molecule has 53 heavy (non-hydrogen) atoms. The topological polar surface area (TPSA) is 123 Å². The second kappa shape index (κ2) is 12.7. The first kappa shape index (κ1) is 38.1. The normalized spacial score (nSPS) is 39.2. The minimum Gasteiger partial charge on any atom is -0.481 e. The molecule has 0 aromatic carbocycles. The van der Waals surface area contributed by atoms with Gasteiger partial charge in [0, 0.05) is 23.4 Å². The molecule has 0 radical (unpaired) electrons. The number of cyclic esters (lactones) is 1. The van der Waals surface area contributed by atoms with Gasteiger partial charge in [-0.05, 0) is 128 Å². The summed E-state index contributed by atoms with van der Waals surface area (Å²) in [6.45, 7) is 20.5. The van der Waals surface area contributed by atoms with E-state index in [0.717, 1.165) is 62.6 Å². The van der Waals surface area contributed by atoms with Crippen LogP contribution in [0.5, 0.6) is 0 Å². The number of aromatic nitrogens is 1. The monoisotopic (exact) mass is 730 g/mol. The Morgan fingerprint density at radius 2 is 1.72 bits per heavy atom. The van der Waals surface area contributed by atoms with E-state index >= 15 is 0 Å². The summed E-state index contributed by atoms with van der Waals surface area (Å²) in [7, 11) is 0. The first-order valence-electron chi connectivity index (χ1n) is 20.3. The summed E-state index contributed by atoms with van der Waals surface area (Å²) < 4.78 is 12.5. The molecule has 290 valence electrons. The molecule has 6 aliphatic rings. The van der Waals surface area contributed by atoms with Gasteiger partial charge in [0.1, 0.15) is 12.2 Å². The molecule has 1 unspecified atom stereocenters. The Morgan fingerprint density at radius 3 is 2.38 bits per heavy atom. The summed E-state index contributed by atoms with van der Waals surface area (Å²) in [6.07, 6.45) is 8.87. The maximum Gasteiger partial charge on any atom is 0.410 e. The van der Waals surface area contributed by atoms with Crippen molar-refractivity contribution < 1.29 is 33.8 Å². The first-order valence-corrected chi connectivity index (χ1v) is 20.3. The van der Waals surface area contributed by atoms with Crippen LogP contribution >= 0.6 is 0 Å². The molecule has 5 aliphatic carbocycles. The van der Waals surface area contributed by atoms with Crippen LogP contribution < -0.4 is 0 Å². The molecule has 1 saturated heterocycles. The number of amides is 1. The van der Waals surface area contributed by atoms with Gasteiger partial charge in [-0.1, -0.05) is 54.5 Å². The predicted molar refractivity (Wildman–Crippen MR) is 200 cm³/mol. The summed E-state index contributed by atoms with van der Waals surface area (Å²) in [4.78, 5) is 58.7. The van der Waals surface area contributed by atoms with E-state index in [1.54, 1.807) is 24.9 Å². The molecule has 9 nitrogen and oxygen atoms in total. The van der Waals surface area contributed by atoms with Crippen LogP contribution in [0.2, 0.25) is 0 Å². The van der Waals surface area contributed by atoms with Crippen molar-refractivity contribution in [3.8, 4) is 0 Å². The maximum atomic E-state index is 14.2. The number of nitrogens with zero attached hydrogens (tertiary/aromatic N) is 2. The van der Waals surface area contributed by atoms with Crippen LogP contribution in [0.25, 0.3) is 0 Å². The van der Waals surface area contributed by atoms with Crippen LogP contribution in [-0.4, -0.2) is 57.6 Å². The highest BCUT2D eigenvalue weighted by Gasteiger charge is 2.71. The lowest BCUT2D eigenvalue weighted by Crippen LogP contribution is -2.66. The van der Waals surface area contributed by atoms with E-state index in [1.807, 2.05) is 18.2 Å². The Kier molecular flexibility index (Phi) is 9.09. The number of hydrogen-bond acceptors (Lipinski definition) is 7. The summed E-state index contributed by atoms with van der Waals surface area (Å²) in [6, 6.07) is 5.74. The van der Waals surface area contributed by atoms with E-state index < -0.39 is 22.8 Å². The van der Waals surface area contributed by atoms with E-state index in [2.05, 4.69) is 53.5 Å². The number of pyridine rings is 1. The highest BCUT2D eigenvalue weighted by atomic mass is 16.6. The quantitative estimate of drug-likeness (QED) is 0.264. The number of allylic oxidation sites excluding steroid dienone is 1. The van der Waals surface area contributed by atoms with Crippen LogP contribution in [0.3, 0.4) is 0 Å². The molecule has 9 atom stereocenters. The third-order valence-electron chi connectivity index (χ3n) is 16.4. The molecule has 1 amide bonds. The van der Waals surface area contributed by atoms with Crippen LogP contribution in [0.4, 0.5) is 4.79 Å². The third-order valence-corrected chi connectivity index (χ3v) is 16.4. The molecule has 1 aliphatic heterocycles. The van der Waals surface area contributed by atoms with Gasteiger partial charge in [-0.2, -0.15) is 0 Å². The average molecular weight is 731 g/mol. The van der Waals surface area contributed by atoms with Crippen LogP contribution in [0.15, 0.2) is 35.5 Å². The second-order valence-electron chi connectivity index (χ2n) is 20.1. The number of hydrogen-bond donors (Lipinski definition) is 1. The smallest absolute Gasteiger partial charge is 0.410 e. The SMILES string of the molecule is CC(C)C1=C2[C@H]3CC[C@@H]4[C@@]5(C)CC[C@H](OC(=O)CC(C)(C)C(=O)O)C(C)(C)C5CC[C@@]4(C)[C@]3(C)CC[C@@]2([C@@H]2CN(Cc3ccccn3)C(=O)O2)CC1=O. The highest BCUT2D eigenvalue weighted by Crippen LogP contribution is 2.77. The van der Waals surface area contributed by atoms with E-state index in [0.29, 0.717) is 31.3 Å². The van der Waals surface area contributed by atoms with Gasteiger partial charge >= 0.3 is 18.0 Å². The zero-order chi connectivity index (χ0) is 38.5. The Bertz CT molecular complexity index is 1720. The van der Waals surface area contributed by atoms with Crippen molar-refractivity contribution >= 4 is 23.8 Å². The maximum absolute atomic E-state index is 14.2. The lowest BCUT2D eigenvalue weighted by molar-refractivity contribution is -0.234. The molecule has 0 bridgehead atoms. The number of fused-ring (bicyclic) bond motifs is 7. The molecule has 7 rings (SSSR count). The van der Waals surface area contributed by atoms with Gasteiger partial charge in [0.15, 0.2) is 5.78 Å². The fraction of sp³-hybridized carbons (Fsp3) is 0.750. The number of ether oxygens (including phenoxy) is 2. The van der Waals surface area contributed by atoms with Crippen molar-refractivity contribution in [1.29, 1.82) is 0 Å². The number of esters is 1. The number of carbonyl (C=O) groups excluding carboxylic acids is 3. The zero-order valence-electron chi connectivity index (χ0n) is 33.5. The molecule has 1 N–H and O–H groups in total. The van der Waals surface area contributed by atoms with Gasteiger partial charge in [-0.25, -0.2) is 4.79 Å². The Morgan fingerprint density at radius 1 is 0.981 bits per heavy atom. The van der Waals surface area contributed by atoms with Crippen molar-refractivity contribution in [1.82, 2.24) is 9.88 Å². The summed E-state index contributed by atoms with van der Waals surface area (Å²) in [5, 5.41) is 9.62. The molecule has 1 aromatic heterocycles. The zero-order valence-corrected chi connectivity index (χ0v) is 33.5. The summed E-state index contributed by atoms with van der Waals surface area (Å²) in [5.41, 5.74) is 1.30. The molecule has 0 spiro atoms. The summed E-state index contributed by atoms with van der Waals surface area (Å²) >= 11 is 0. The standard InChI is InChI=1S/C44H62N2O7/c1-26(2)35-29(47)22-44(33-25-46(38(51)53-33)24-27-12-10-11-21-45-27)20-19-42(8)28(36(35)44)13-14-31-41(7)17-16-32(52-34(48)23-39(3,4)37(49)50)40(5,6)30(41)15-18-43(31,42)9/h10-12,21,26,28,30-33H,13-20,22-25H2,1-9H3,(H,49,50)/t28-,30?,31-,32+,33+,41+,42-,43-,44+/m1/s1. The fourth-order valence-corrected chi connectivity index (χ4v) is 13.5. The van der Waals surface area contributed by atoms with Crippen molar-refractivity contribution in [2.45, 2.75) is 145 Å². The van der Waals surface area contributed by atoms with Gasteiger partial charge in [0.25, 0.3) is 0 Å². The molecule has 4 saturated carbocycles. The van der Waals surface area contributed by atoms with E-state index in [1.165, 1.54) is 5.57 Å². The third kappa shape index (κ3) is 5.62. The molecular weight excluding hydrogens is 668 g/mol. The number of carboxylic acids is 1. The minimum absolute atomic E-state index is 0.0282. The number of rotatable bonds is 8. The van der Waals surface area contributed by atoms with E-state index in [4.69, 9.17) is 9.47 Å². The van der Waals surface area contributed by atoms with Gasteiger partial charge in [-0.15, -0.1) is 0 Å². The Balaban J connectivity index is 1.17. The van der Waals surface area contributed by atoms with Crippen molar-refractivity contribution in [2.24, 2.45) is 56.2 Å². The van der Waals surface area contributed by atoms with Crippen molar-refractivity contribution in [3.05, 3.63) is 41.2 Å². The Hall–Kier alpha value is -3.23. The highest BCUT2D eigenvalue weighted by molar-refractivity contribution is 6.01. The van der Waals surface area contributed by atoms with Crippen molar-refractivity contribution in [3.63, 3.8) is 0 Å². The molecular formula is C44H62N2O7. The van der Waals surface area contributed by atoms with Gasteiger partial charge in [-0.3, -0.25) is 24.3 Å². The average Bonchev–Trinajstić information content (AvgIpc) is 3.59. The second-order valence-corrected chi connectivity index (χ2v) is 20.1. The molecule has 1 aromatic rings. The molecule has 2 heterocycles. The van der Waals surface area contributed by atoms with Crippen LogP contribution in [0, 0.1) is 56.2 Å². The van der Waals surface area contributed by atoms with Crippen LogP contribution in [0.1, 0.15) is 132 Å². The van der Waals surface area contributed by atoms with E-state index in [9.17, 15) is 24.3 Å². The number of ketones is 1. The lowest BCUT2D eigenvalue weighted by Gasteiger charge is -2.72. The lowest BCUT2D eigenvalue weighted by atomic mass is 9.33. The predicted octanol–water partition coefficient (Wildman–Crippen LogP) is 8.80. The van der Waals surface area contributed by atoms with Gasteiger partial charge < -0.3 is 14.6 Å². The Labute approximate surface area is 316 Å². The van der Waals surface area contributed by atoms with Gasteiger partial charge in [0.2, 0.25) is 0 Å². The number of carboxylic acid groups (broad SMARTS) is 1. The first-order chi connectivity index (χ1) is 24.7. The fourth-order valence-electron chi connectivity index (χ4n) is 13.5. The van der Waals surface area contributed by atoms with Gasteiger partial charge in [0.05, 0.1) is 30.6 Å². The van der Waals surface area contributed by atoms with E-state index in [-0.39, 0.29) is 64.0 Å². The largest absolute Gasteiger partial charge is 0.481 e. The molecule has 9 heteroatoms. The summed E-state index contributed by atoms with van der Waals surface area (Å²) in [5.74, 6) is -0.00537. The minimum atomic E-state index is -1.17.